The maximum atomic E-state index is 11.8. The molecule has 15 heavy (non-hydrogen) atoms. The highest BCUT2D eigenvalue weighted by Gasteiger charge is 2.39. The first-order chi connectivity index (χ1) is 6.99. The van der Waals surface area contributed by atoms with Gasteiger partial charge in [0.05, 0.1) is 6.04 Å². The summed E-state index contributed by atoms with van der Waals surface area (Å²) in [6.07, 6.45) is 0.686. The zero-order valence-electron chi connectivity index (χ0n) is 9.36. The smallest absolute Gasteiger partial charge is 0.326 e. The van der Waals surface area contributed by atoms with Crippen molar-refractivity contribution in [3.8, 4) is 0 Å². The molecule has 1 saturated heterocycles. The second kappa shape index (κ2) is 4.61. The number of hydrogen-bond acceptors (Lipinski definition) is 3. The van der Waals surface area contributed by atoms with Gasteiger partial charge in [0.25, 0.3) is 0 Å². The lowest BCUT2D eigenvalue weighted by molar-refractivity contribution is -0.150. The van der Waals surface area contributed by atoms with Crippen LogP contribution < -0.4 is 5.32 Å². The first-order valence-electron chi connectivity index (χ1n) is 5.19. The molecule has 0 saturated carbocycles. The second-order valence-corrected chi connectivity index (χ2v) is 4.19. The zero-order chi connectivity index (χ0) is 11.6. The normalized spacial score (nSPS) is 23.6. The molecule has 0 aliphatic carbocycles. The van der Waals surface area contributed by atoms with Gasteiger partial charge in [0.2, 0.25) is 5.91 Å². The standard InChI is InChI=1S/C10H18N2O3/c1-6(2)8(10(14)15)12-5-4-7(11-3)9(12)13/h6-8,11H,4-5H2,1-3H3,(H,14,15)/t7-,8+/m1/s1. The summed E-state index contributed by atoms with van der Waals surface area (Å²) in [5.74, 6) is -1.09. The third kappa shape index (κ3) is 2.28. The van der Waals surface area contributed by atoms with E-state index in [0.29, 0.717) is 13.0 Å². The van der Waals surface area contributed by atoms with E-state index in [1.54, 1.807) is 7.05 Å². The summed E-state index contributed by atoms with van der Waals surface area (Å²) in [6.45, 7) is 4.16. The van der Waals surface area contributed by atoms with Crippen molar-refractivity contribution in [3.05, 3.63) is 0 Å². The molecule has 2 atom stereocenters. The third-order valence-electron chi connectivity index (χ3n) is 2.81. The van der Waals surface area contributed by atoms with Gasteiger partial charge in [0.15, 0.2) is 0 Å². The summed E-state index contributed by atoms with van der Waals surface area (Å²) in [5.41, 5.74) is 0. The molecule has 0 unspecified atom stereocenters. The average molecular weight is 214 g/mol. The Morgan fingerprint density at radius 2 is 2.20 bits per heavy atom. The van der Waals surface area contributed by atoms with Gasteiger partial charge >= 0.3 is 5.97 Å². The van der Waals surface area contributed by atoms with Gasteiger partial charge in [-0.2, -0.15) is 0 Å². The Hall–Kier alpha value is -1.10. The van der Waals surface area contributed by atoms with Gasteiger partial charge in [0.1, 0.15) is 6.04 Å². The number of carboxylic acid groups (broad SMARTS) is 1. The van der Waals surface area contributed by atoms with Gasteiger partial charge in [0, 0.05) is 6.54 Å². The summed E-state index contributed by atoms with van der Waals surface area (Å²) in [7, 11) is 1.72. The molecule has 2 N–H and O–H groups in total. The summed E-state index contributed by atoms with van der Waals surface area (Å²) in [5, 5.41) is 12.0. The van der Waals surface area contributed by atoms with Gasteiger partial charge in [-0.25, -0.2) is 4.79 Å². The molecule has 0 aromatic heterocycles. The number of nitrogens with zero attached hydrogens (tertiary/aromatic N) is 1. The van der Waals surface area contributed by atoms with Crippen LogP contribution in [0.15, 0.2) is 0 Å². The van der Waals surface area contributed by atoms with Gasteiger partial charge < -0.3 is 15.3 Å². The highest BCUT2D eigenvalue weighted by atomic mass is 16.4. The molecule has 0 radical (unpaired) electrons. The van der Waals surface area contributed by atoms with Crippen LogP contribution in [0.4, 0.5) is 0 Å². The predicted octanol–water partition coefficient (Wildman–Crippen LogP) is -0.0841. The Labute approximate surface area is 89.4 Å². The quantitative estimate of drug-likeness (QED) is 0.686. The Morgan fingerprint density at radius 3 is 2.53 bits per heavy atom. The third-order valence-corrected chi connectivity index (χ3v) is 2.81. The molecular weight excluding hydrogens is 196 g/mol. The van der Waals surface area contributed by atoms with E-state index in [4.69, 9.17) is 5.11 Å². The van der Waals surface area contributed by atoms with Crippen LogP contribution in [-0.2, 0) is 9.59 Å². The SMILES string of the molecule is CN[C@@H]1CCN([C@H](C(=O)O)C(C)C)C1=O. The van der Waals surface area contributed by atoms with Gasteiger partial charge in [-0.15, -0.1) is 0 Å². The molecule has 1 amide bonds. The van der Waals surface area contributed by atoms with E-state index in [0.717, 1.165) is 0 Å². The Balaban J connectivity index is 2.79. The lowest BCUT2D eigenvalue weighted by Crippen LogP contribution is -2.48. The van der Waals surface area contributed by atoms with Crippen LogP contribution >= 0.6 is 0 Å². The van der Waals surface area contributed by atoms with E-state index in [1.165, 1.54) is 4.90 Å². The number of nitrogens with one attached hydrogen (secondary N) is 1. The summed E-state index contributed by atoms with van der Waals surface area (Å²) >= 11 is 0. The van der Waals surface area contributed by atoms with E-state index in [2.05, 4.69) is 5.32 Å². The van der Waals surface area contributed by atoms with Gasteiger partial charge in [-0.05, 0) is 19.4 Å². The number of amides is 1. The van der Waals surface area contributed by atoms with Crippen molar-refractivity contribution in [3.63, 3.8) is 0 Å². The van der Waals surface area contributed by atoms with Crippen LogP contribution in [0.1, 0.15) is 20.3 Å². The number of carbonyl (C=O) groups excluding carboxylic acids is 1. The van der Waals surface area contributed by atoms with Gasteiger partial charge in [-0.3, -0.25) is 4.79 Å². The molecule has 5 nitrogen and oxygen atoms in total. The molecule has 86 valence electrons. The summed E-state index contributed by atoms with van der Waals surface area (Å²) < 4.78 is 0. The van der Waals surface area contributed by atoms with Crippen molar-refractivity contribution in [2.75, 3.05) is 13.6 Å². The average Bonchev–Trinajstić information content (AvgIpc) is 2.47. The topological polar surface area (TPSA) is 69.6 Å². The molecular formula is C10H18N2O3. The minimum atomic E-state index is -0.921. The van der Waals surface area contributed by atoms with E-state index < -0.39 is 12.0 Å². The summed E-state index contributed by atoms with van der Waals surface area (Å²) in [4.78, 5) is 24.3. The highest BCUT2D eigenvalue weighted by molar-refractivity contribution is 5.88. The molecule has 1 fully saturated rings. The van der Waals surface area contributed by atoms with Gasteiger partial charge in [-0.1, -0.05) is 13.8 Å². The van der Waals surface area contributed by atoms with E-state index >= 15 is 0 Å². The van der Waals surface area contributed by atoms with Crippen molar-refractivity contribution in [2.24, 2.45) is 5.92 Å². The molecule has 0 bridgehead atoms. The number of aliphatic carboxylic acids is 1. The van der Waals surface area contributed by atoms with Crippen LogP contribution in [0.25, 0.3) is 0 Å². The fourth-order valence-electron chi connectivity index (χ4n) is 2.02. The molecule has 1 rings (SSSR count). The molecule has 0 spiro atoms. The van der Waals surface area contributed by atoms with Crippen LogP contribution in [0.2, 0.25) is 0 Å². The highest BCUT2D eigenvalue weighted by Crippen LogP contribution is 2.19. The number of likely N-dealkylation sites (tertiary alicyclic amines) is 1. The predicted molar refractivity (Wildman–Crippen MR) is 55.4 cm³/mol. The van der Waals surface area contributed by atoms with Crippen molar-refractivity contribution in [1.82, 2.24) is 10.2 Å². The number of likely N-dealkylation sites (N-methyl/N-ethyl adjacent to an activating group) is 1. The fraction of sp³-hybridized carbons (Fsp3) is 0.800. The monoisotopic (exact) mass is 214 g/mol. The maximum absolute atomic E-state index is 11.8. The van der Waals surface area contributed by atoms with Crippen molar-refractivity contribution in [1.29, 1.82) is 0 Å². The zero-order valence-corrected chi connectivity index (χ0v) is 9.36. The number of rotatable bonds is 4. The lowest BCUT2D eigenvalue weighted by atomic mass is 10.0. The van der Waals surface area contributed by atoms with E-state index in [-0.39, 0.29) is 17.9 Å². The second-order valence-electron chi connectivity index (χ2n) is 4.19. The largest absolute Gasteiger partial charge is 0.480 e. The van der Waals surface area contributed by atoms with E-state index in [1.807, 2.05) is 13.8 Å². The maximum Gasteiger partial charge on any atom is 0.326 e. The number of carboxylic acids is 1. The van der Waals surface area contributed by atoms with Crippen LogP contribution in [-0.4, -0.2) is 47.6 Å². The number of carbonyl (C=O) groups is 2. The minimum absolute atomic E-state index is 0.0675. The minimum Gasteiger partial charge on any atom is -0.480 e. The fourth-order valence-corrected chi connectivity index (χ4v) is 2.02. The van der Waals surface area contributed by atoms with Crippen molar-refractivity contribution >= 4 is 11.9 Å². The van der Waals surface area contributed by atoms with Crippen molar-refractivity contribution < 1.29 is 14.7 Å². The molecule has 0 aromatic rings. The Kier molecular flexibility index (Phi) is 3.68. The first kappa shape index (κ1) is 12.0. The molecule has 5 heteroatoms. The lowest BCUT2D eigenvalue weighted by Gasteiger charge is -2.27. The Bertz CT molecular complexity index is 265. The molecule has 1 aliphatic rings. The first-order valence-corrected chi connectivity index (χ1v) is 5.19. The molecule has 1 heterocycles. The molecule has 0 aromatic carbocycles. The van der Waals surface area contributed by atoms with Crippen LogP contribution in [0.5, 0.6) is 0 Å². The molecule has 1 aliphatic heterocycles. The Morgan fingerprint density at radius 1 is 1.60 bits per heavy atom. The van der Waals surface area contributed by atoms with E-state index in [9.17, 15) is 9.59 Å². The van der Waals surface area contributed by atoms with Crippen LogP contribution in [0.3, 0.4) is 0 Å². The number of hydrogen-bond donors (Lipinski definition) is 2. The van der Waals surface area contributed by atoms with Crippen molar-refractivity contribution in [2.45, 2.75) is 32.4 Å². The van der Waals surface area contributed by atoms with Crippen LogP contribution in [0, 0.1) is 5.92 Å². The summed E-state index contributed by atoms with van der Waals surface area (Å²) in [6, 6.07) is -0.915.